The van der Waals surface area contributed by atoms with Gasteiger partial charge in [0.05, 0.1) is 11.9 Å². The summed E-state index contributed by atoms with van der Waals surface area (Å²) in [6, 6.07) is 3.50. The molecule has 140 valence electrons. The highest BCUT2D eigenvalue weighted by atomic mass is 16.3. The van der Waals surface area contributed by atoms with Gasteiger partial charge in [-0.3, -0.25) is 4.79 Å². The molecular weight excluding hydrogens is 316 g/mol. The Morgan fingerprint density at radius 3 is 2.48 bits per heavy atom. The number of hydrogen-bond acceptors (Lipinski definition) is 4. The Hall–Kier alpha value is -1.33. The Kier molecular flexibility index (Phi) is 5.54. The van der Waals surface area contributed by atoms with Crippen LogP contribution in [-0.4, -0.2) is 59.6 Å². The molecule has 1 saturated carbocycles. The number of furan rings is 1. The van der Waals surface area contributed by atoms with Crippen LogP contribution in [-0.2, 0) is 0 Å². The summed E-state index contributed by atoms with van der Waals surface area (Å²) in [7, 11) is 2.10. The third-order valence-corrected chi connectivity index (χ3v) is 6.25. The van der Waals surface area contributed by atoms with E-state index in [1.165, 1.54) is 0 Å². The molecule has 0 radical (unpaired) electrons. The topological polar surface area (TPSA) is 56.9 Å². The molecule has 1 aliphatic carbocycles. The number of likely N-dealkylation sites (tertiary alicyclic amines) is 1. The molecule has 1 aromatic heterocycles. The predicted octanol–water partition coefficient (Wildman–Crippen LogP) is 3.15. The molecule has 1 spiro atoms. The minimum Gasteiger partial charge on any atom is -0.459 e. The van der Waals surface area contributed by atoms with Gasteiger partial charge in [0.15, 0.2) is 5.76 Å². The Morgan fingerprint density at radius 1 is 1.24 bits per heavy atom. The van der Waals surface area contributed by atoms with Crippen molar-refractivity contribution in [3.8, 4) is 0 Å². The first kappa shape index (κ1) is 18.5. The first-order chi connectivity index (χ1) is 12.0. The van der Waals surface area contributed by atoms with E-state index in [0.29, 0.717) is 11.2 Å². The van der Waals surface area contributed by atoms with Crippen LogP contribution in [0.1, 0.15) is 62.4 Å². The fourth-order valence-corrected chi connectivity index (χ4v) is 4.61. The van der Waals surface area contributed by atoms with Gasteiger partial charge in [-0.2, -0.15) is 0 Å². The minimum atomic E-state index is -0.531. The van der Waals surface area contributed by atoms with Crippen LogP contribution < -0.4 is 0 Å². The van der Waals surface area contributed by atoms with Crippen molar-refractivity contribution in [1.29, 1.82) is 0 Å². The summed E-state index contributed by atoms with van der Waals surface area (Å²) >= 11 is 0. The number of aliphatic hydroxyl groups is 1. The normalized spacial score (nSPS) is 22.5. The Balaban J connectivity index is 1.51. The quantitative estimate of drug-likeness (QED) is 0.888. The summed E-state index contributed by atoms with van der Waals surface area (Å²) in [5, 5.41) is 10.9. The summed E-state index contributed by atoms with van der Waals surface area (Å²) in [6.45, 7) is 5.59. The molecule has 2 heterocycles. The van der Waals surface area contributed by atoms with Gasteiger partial charge in [-0.05, 0) is 76.1 Å². The second kappa shape index (κ2) is 7.50. The van der Waals surface area contributed by atoms with Crippen molar-refractivity contribution in [2.75, 3.05) is 33.2 Å². The van der Waals surface area contributed by atoms with Crippen LogP contribution in [0.3, 0.4) is 0 Å². The highest BCUT2D eigenvalue weighted by Crippen LogP contribution is 2.47. The summed E-state index contributed by atoms with van der Waals surface area (Å²) in [5.74, 6) is 0.446. The number of likely N-dealkylation sites (N-methyl/N-ethyl adjacent to an activating group) is 1. The molecule has 1 aromatic rings. The maximum absolute atomic E-state index is 12.4. The molecular formula is C20H32N2O3. The van der Waals surface area contributed by atoms with Gasteiger partial charge in [0.2, 0.25) is 0 Å². The lowest BCUT2D eigenvalue weighted by Gasteiger charge is -2.49. The number of carbonyl (C=O) groups excluding carboxylic acids is 1. The second-order valence-electron chi connectivity index (χ2n) is 8.23. The van der Waals surface area contributed by atoms with Gasteiger partial charge in [0, 0.05) is 19.6 Å². The lowest BCUT2D eigenvalue weighted by atomic mass is 9.64. The van der Waals surface area contributed by atoms with E-state index in [2.05, 4.69) is 18.9 Å². The van der Waals surface area contributed by atoms with Crippen molar-refractivity contribution in [1.82, 2.24) is 9.80 Å². The molecule has 3 rings (SSSR count). The SMILES string of the molecule is CCCN(C)CC1(O)CCC2(CCN(C(=O)c3ccco3)CC2)CC1. The molecule has 0 atom stereocenters. The number of rotatable bonds is 5. The summed E-state index contributed by atoms with van der Waals surface area (Å²) in [4.78, 5) is 16.6. The number of hydrogen-bond donors (Lipinski definition) is 1. The highest BCUT2D eigenvalue weighted by Gasteiger charge is 2.44. The van der Waals surface area contributed by atoms with Crippen LogP contribution in [0, 0.1) is 5.41 Å². The largest absolute Gasteiger partial charge is 0.459 e. The summed E-state index contributed by atoms with van der Waals surface area (Å²) in [5.41, 5.74) is -0.216. The number of carbonyl (C=O) groups is 1. The van der Waals surface area contributed by atoms with Gasteiger partial charge in [0.25, 0.3) is 5.91 Å². The molecule has 5 heteroatoms. The Bertz CT molecular complexity index is 552. The van der Waals surface area contributed by atoms with Crippen molar-refractivity contribution in [3.63, 3.8) is 0 Å². The fraction of sp³-hybridized carbons (Fsp3) is 0.750. The van der Waals surface area contributed by atoms with Crippen molar-refractivity contribution in [2.45, 2.75) is 57.5 Å². The van der Waals surface area contributed by atoms with E-state index >= 15 is 0 Å². The number of piperidine rings is 1. The molecule has 2 aliphatic rings. The molecule has 5 nitrogen and oxygen atoms in total. The predicted molar refractivity (Wildman–Crippen MR) is 97.5 cm³/mol. The van der Waals surface area contributed by atoms with Crippen LogP contribution in [0.4, 0.5) is 0 Å². The van der Waals surface area contributed by atoms with Crippen LogP contribution in [0.15, 0.2) is 22.8 Å². The number of nitrogens with zero attached hydrogens (tertiary/aromatic N) is 2. The zero-order valence-corrected chi connectivity index (χ0v) is 15.7. The van der Waals surface area contributed by atoms with Gasteiger partial charge in [0.1, 0.15) is 0 Å². The van der Waals surface area contributed by atoms with Crippen molar-refractivity contribution < 1.29 is 14.3 Å². The average Bonchev–Trinajstić information content (AvgIpc) is 3.13. The molecule has 1 saturated heterocycles. The smallest absolute Gasteiger partial charge is 0.289 e. The number of amides is 1. The third kappa shape index (κ3) is 4.26. The average molecular weight is 348 g/mol. The molecule has 2 fully saturated rings. The van der Waals surface area contributed by atoms with Gasteiger partial charge in [-0.15, -0.1) is 0 Å². The van der Waals surface area contributed by atoms with Crippen LogP contribution >= 0.6 is 0 Å². The van der Waals surface area contributed by atoms with Gasteiger partial charge >= 0.3 is 0 Å². The van der Waals surface area contributed by atoms with Crippen molar-refractivity contribution in [3.05, 3.63) is 24.2 Å². The van der Waals surface area contributed by atoms with E-state index in [0.717, 1.165) is 71.1 Å². The van der Waals surface area contributed by atoms with Crippen molar-refractivity contribution >= 4 is 5.91 Å². The van der Waals surface area contributed by atoms with Gasteiger partial charge in [-0.1, -0.05) is 6.92 Å². The molecule has 1 N–H and O–H groups in total. The monoisotopic (exact) mass is 348 g/mol. The van der Waals surface area contributed by atoms with Crippen LogP contribution in [0.2, 0.25) is 0 Å². The van der Waals surface area contributed by atoms with Gasteiger partial charge in [-0.25, -0.2) is 0 Å². The first-order valence-electron chi connectivity index (χ1n) is 9.69. The lowest BCUT2D eigenvalue weighted by molar-refractivity contribution is -0.0644. The third-order valence-electron chi connectivity index (χ3n) is 6.25. The van der Waals surface area contributed by atoms with E-state index in [9.17, 15) is 9.90 Å². The van der Waals surface area contributed by atoms with Crippen LogP contribution in [0.5, 0.6) is 0 Å². The van der Waals surface area contributed by atoms with Crippen molar-refractivity contribution in [2.24, 2.45) is 5.41 Å². The molecule has 1 amide bonds. The standard InChI is InChI=1S/C20H32N2O3/c1-3-12-21(2)16-20(24)8-6-19(7-9-20)10-13-22(14-11-19)18(23)17-5-4-15-25-17/h4-5,15,24H,3,6-14,16H2,1-2H3. The maximum atomic E-state index is 12.4. The van der Waals surface area contributed by atoms with E-state index < -0.39 is 5.60 Å². The first-order valence-corrected chi connectivity index (χ1v) is 9.69. The van der Waals surface area contributed by atoms with Crippen LogP contribution in [0.25, 0.3) is 0 Å². The fourth-order valence-electron chi connectivity index (χ4n) is 4.61. The molecule has 0 bridgehead atoms. The van der Waals surface area contributed by atoms with E-state index in [1.54, 1.807) is 18.4 Å². The Morgan fingerprint density at radius 2 is 1.92 bits per heavy atom. The molecule has 0 unspecified atom stereocenters. The summed E-state index contributed by atoms with van der Waals surface area (Å²) in [6.07, 6.45) is 8.67. The highest BCUT2D eigenvalue weighted by molar-refractivity contribution is 5.91. The minimum absolute atomic E-state index is 0.00774. The van der Waals surface area contributed by atoms with E-state index in [1.807, 2.05) is 4.90 Å². The zero-order valence-electron chi connectivity index (χ0n) is 15.7. The zero-order chi connectivity index (χ0) is 17.9. The molecule has 1 aliphatic heterocycles. The Labute approximate surface area is 151 Å². The van der Waals surface area contributed by atoms with E-state index in [4.69, 9.17) is 4.42 Å². The van der Waals surface area contributed by atoms with Gasteiger partial charge < -0.3 is 19.3 Å². The maximum Gasteiger partial charge on any atom is 0.289 e. The van der Waals surface area contributed by atoms with E-state index in [-0.39, 0.29) is 5.91 Å². The molecule has 25 heavy (non-hydrogen) atoms. The second-order valence-corrected chi connectivity index (χ2v) is 8.23. The lowest BCUT2D eigenvalue weighted by Crippen LogP contribution is -2.50. The summed E-state index contributed by atoms with van der Waals surface area (Å²) < 4.78 is 5.24. The molecule has 0 aromatic carbocycles.